The SMILES string of the molecule is COC(CCNC(=O)OCC1c2ccccc2-c2ccccc21)C(=O)N[C@H]1CCCC[C@H]1C(=O)O. The van der Waals surface area contributed by atoms with E-state index in [2.05, 4.69) is 34.9 Å². The van der Waals surface area contributed by atoms with E-state index in [-0.39, 0.29) is 31.4 Å². The molecule has 0 bridgehead atoms. The van der Waals surface area contributed by atoms with E-state index in [1.165, 1.54) is 7.11 Å². The van der Waals surface area contributed by atoms with E-state index in [1.807, 2.05) is 24.3 Å². The first-order valence-electron chi connectivity index (χ1n) is 12.1. The topological polar surface area (TPSA) is 114 Å². The number of methoxy groups -OCH3 is 1. The molecule has 0 heterocycles. The minimum absolute atomic E-state index is 0.0247. The number of aliphatic carboxylic acids is 1. The number of hydrogen-bond donors (Lipinski definition) is 3. The zero-order valence-corrected chi connectivity index (χ0v) is 19.9. The molecule has 35 heavy (non-hydrogen) atoms. The molecular formula is C27H32N2O6. The Morgan fingerprint density at radius 1 is 1.00 bits per heavy atom. The fourth-order valence-corrected chi connectivity index (χ4v) is 5.19. The summed E-state index contributed by atoms with van der Waals surface area (Å²) in [6.07, 6.45) is 1.83. The summed E-state index contributed by atoms with van der Waals surface area (Å²) < 4.78 is 10.8. The highest BCUT2D eigenvalue weighted by Gasteiger charge is 2.33. The van der Waals surface area contributed by atoms with Crippen LogP contribution in [0.25, 0.3) is 11.1 Å². The molecule has 2 aromatic rings. The van der Waals surface area contributed by atoms with Gasteiger partial charge in [-0.15, -0.1) is 0 Å². The summed E-state index contributed by atoms with van der Waals surface area (Å²) in [4.78, 5) is 36.5. The van der Waals surface area contributed by atoms with Gasteiger partial charge in [0, 0.05) is 32.0 Å². The van der Waals surface area contributed by atoms with Gasteiger partial charge in [-0.25, -0.2) is 4.79 Å². The highest BCUT2D eigenvalue weighted by atomic mass is 16.5. The minimum atomic E-state index is -0.888. The number of hydrogen-bond acceptors (Lipinski definition) is 5. The van der Waals surface area contributed by atoms with E-state index in [0.29, 0.717) is 12.8 Å². The largest absolute Gasteiger partial charge is 0.481 e. The molecule has 4 rings (SSSR count). The Morgan fingerprint density at radius 2 is 1.63 bits per heavy atom. The van der Waals surface area contributed by atoms with Crippen LogP contribution in [0.5, 0.6) is 0 Å². The van der Waals surface area contributed by atoms with Crippen LogP contribution in [0.15, 0.2) is 48.5 Å². The average Bonchev–Trinajstić information content (AvgIpc) is 3.19. The molecule has 3 N–H and O–H groups in total. The van der Waals surface area contributed by atoms with Gasteiger partial charge in [0.15, 0.2) is 0 Å². The Hall–Kier alpha value is -3.39. The van der Waals surface area contributed by atoms with Crippen LogP contribution in [-0.4, -0.2) is 55.5 Å². The van der Waals surface area contributed by atoms with Crippen molar-refractivity contribution in [2.45, 2.75) is 50.2 Å². The van der Waals surface area contributed by atoms with Crippen LogP contribution in [0.2, 0.25) is 0 Å². The maximum atomic E-state index is 12.6. The van der Waals surface area contributed by atoms with Crippen LogP contribution in [0.1, 0.15) is 49.1 Å². The maximum Gasteiger partial charge on any atom is 0.407 e. The number of ether oxygens (including phenoxy) is 2. The first kappa shape index (κ1) is 24.7. The molecule has 8 heteroatoms. The third kappa shape index (κ3) is 5.65. The molecule has 8 nitrogen and oxygen atoms in total. The second-order valence-electron chi connectivity index (χ2n) is 9.11. The van der Waals surface area contributed by atoms with Crippen molar-refractivity contribution in [2.75, 3.05) is 20.3 Å². The van der Waals surface area contributed by atoms with Gasteiger partial charge in [0.1, 0.15) is 12.7 Å². The van der Waals surface area contributed by atoms with Gasteiger partial charge in [-0.1, -0.05) is 61.4 Å². The minimum Gasteiger partial charge on any atom is -0.481 e. The molecule has 0 saturated heterocycles. The zero-order valence-electron chi connectivity index (χ0n) is 19.9. The third-order valence-corrected chi connectivity index (χ3v) is 7.01. The molecule has 2 aliphatic rings. The smallest absolute Gasteiger partial charge is 0.407 e. The van der Waals surface area contributed by atoms with Crippen molar-refractivity contribution in [3.05, 3.63) is 59.7 Å². The summed E-state index contributed by atoms with van der Waals surface area (Å²) in [6.45, 7) is 0.405. The summed E-state index contributed by atoms with van der Waals surface area (Å²) >= 11 is 0. The number of fused-ring (bicyclic) bond motifs is 3. The third-order valence-electron chi connectivity index (χ3n) is 7.01. The second-order valence-corrected chi connectivity index (χ2v) is 9.11. The number of carbonyl (C=O) groups excluding carboxylic acids is 2. The Labute approximate surface area is 205 Å². The lowest BCUT2D eigenvalue weighted by atomic mass is 9.84. The summed E-state index contributed by atoms with van der Waals surface area (Å²) in [6, 6.07) is 15.9. The average molecular weight is 481 g/mol. The van der Waals surface area contributed by atoms with E-state index in [1.54, 1.807) is 0 Å². The molecular weight excluding hydrogens is 448 g/mol. The monoisotopic (exact) mass is 480 g/mol. The molecule has 0 aliphatic heterocycles. The van der Waals surface area contributed by atoms with Gasteiger partial charge in [0.2, 0.25) is 5.91 Å². The zero-order chi connectivity index (χ0) is 24.8. The van der Waals surface area contributed by atoms with Gasteiger partial charge in [0.25, 0.3) is 0 Å². The molecule has 186 valence electrons. The Morgan fingerprint density at radius 3 is 2.26 bits per heavy atom. The molecule has 0 spiro atoms. The first-order valence-corrected chi connectivity index (χ1v) is 12.1. The highest BCUT2D eigenvalue weighted by Crippen LogP contribution is 2.44. The van der Waals surface area contributed by atoms with Crippen LogP contribution >= 0.6 is 0 Å². The predicted octanol–water partition coefficient (Wildman–Crippen LogP) is 3.69. The number of amides is 2. The lowest BCUT2D eigenvalue weighted by molar-refractivity contribution is -0.144. The van der Waals surface area contributed by atoms with Crippen molar-refractivity contribution < 1.29 is 29.0 Å². The standard InChI is InChI=1S/C27H32N2O6/c1-34-24(25(30)29-23-13-7-6-12-21(23)26(31)32)14-15-28-27(33)35-16-22-19-10-4-2-8-17(19)18-9-3-5-11-20(18)22/h2-5,8-11,21-24H,6-7,12-16H2,1H3,(H,28,33)(H,29,30)(H,31,32)/t21-,23+,24?/m1/s1. The molecule has 1 saturated carbocycles. The van der Waals surface area contributed by atoms with Gasteiger partial charge in [-0.05, 0) is 35.1 Å². The molecule has 0 radical (unpaired) electrons. The van der Waals surface area contributed by atoms with Gasteiger partial charge in [0.05, 0.1) is 5.92 Å². The fraction of sp³-hybridized carbons (Fsp3) is 0.444. The van der Waals surface area contributed by atoms with Gasteiger partial charge in [-0.3, -0.25) is 9.59 Å². The molecule has 1 unspecified atom stereocenters. The summed E-state index contributed by atoms with van der Waals surface area (Å²) in [5.41, 5.74) is 4.60. The molecule has 2 amide bonds. The van der Waals surface area contributed by atoms with Crippen LogP contribution < -0.4 is 10.6 Å². The maximum absolute atomic E-state index is 12.6. The van der Waals surface area contributed by atoms with E-state index in [4.69, 9.17) is 9.47 Å². The summed E-state index contributed by atoms with van der Waals surface area (Å²) in [5, 5.41) is 14.9. The Kier molecular flexibility index (Phi) is 8.02. The van der Waals surface area contributed by atoms with Gasteiger partial charge >= 0.3 is 12.1 Å². The summed E-state index contributed by atoms with van der Waals surface area (Å²) in [5.74, 6) is -1.85. The Balaban J connectivity index is 1.25. The number of rotatable bonds is 9. The molecule has 1 fully saturated rings. The second kappa shape index (κ2) is 11.4. The number of carboxylic acid groups (broad SMARTS) is 1. The van der Waals surface area contributed by atoms with Crippen molar-refractivity contribution in [3.8, 4) is 11.1 Å². The van der Waals surface area contributed by atoms with Crippen LogP contribution in [0.4, 0.5) is 4.79 Å². The van der Waals surface area contributed by atoms with E-state index in [0.717, 1.165) is 35.1 Å². The van der Waals surface area contributed by atoms with E-state index >= 15 is 0 Å². The first-order chi connectivity index (χ1) is 17.0. The lowest BCUT2D eigenvalue weighted by Crippen LogP contribution is -2.49. The highest BCUT2D eigenvalue weighted by molar-refractivity contribution is 5.82. The van der Waals surface area contributed by atoms with Gasteiger partial charge in [-0.2, -0.15) is 0 Å². The number of benzene rings is 2. The van der Waals surface area contributed by atoms with Crippen molar-refractivity contribution in [2.24, 2.45) is 5.92 Å². The van der Waals surface area contributed by atoms with Crippen molar-refractivity contribution in [1.29, 1.82) is 0 Å². The number of carbonyl (C=O) groups is 3. The molecule has 2 aliphatic carbocycles. The molecule has 2 aromatic carbocycles. The number of alkyl carbamates (subject to hydrolysis) is 1. The normalized spacial score (nSPS) is 19.8. The van der Waals surface area contributed by atoms with Gasteiger partial charge < -0.3 is 25.2 Å². The van der Waals surface area contributed by atoms with Crippen LogP contribution in [-0.2, 0) is 19.1 Å². The molecule has 3 atom stereocenters. The summed E-state index contributed by atoms with van der Waals surface area (Å²) in [7, 11) is 1.42. The van der Waals surface area contributed by atoms with Crippen molar-refractivity contribution >= 4 is 18.0 Å². The van der Waals surface area contributed by atoms with Crippen LogP contribution in [0.3, 0.4) is 0 Å². The number of carboxylic acids is 1. The predicted molar refractivity (Wildman–Crippen MR) is 130 cm³/mol. The van der Waals surface area contributed by atoms with E-state index in [9.17, 15) is 19.5 Å². The number of nitrogens with one attached hydrogen (secondary N) is 2. The Bertz CT molecular complexity index is 1030. The van der Waals surface area contributed by atoms with Crippen LogP contribution in [0, 0.1) is 5.92 Å². The lowest BCUT2D eigenvalue weighted by Gasteiger charge is -2.30. The fourth-order valence-electron chi connectivity index (χ4n) is 5.19. The quantitative estimate of drug-likeness (QED) is 0.504. The van der Waals surface area contributed by atoms with E-state index < -0.39 is 30.1 Å². The van der Waals surface area contributed by atoms with Crippen molar-refractivity contribution in [1.82, 2.24) is 10.6 Å². The van der Waals surface area contributed by atoms with Crippen molar-refractivity contribution in [3.63, 3.8) is 0 Å². The molecule has 0 aromatic heterocycles.